The maximum absolute atomic E-state index is 12.8. The maximum atomic E-state index is 12.8. The van der Waals surface area contributed by atoms with Crippen molar-refractivity contribution in [1.82, 2.24) is 4.90 Å². The van der Waals surface area contributed by atoms with Crippen LogP contribution < -0.4 is 5.32 Å². The van der Waals surface area contributed by atoms with Gasteiger partial charge in [-0.05, 0) is 50.6 Å². The Labute approximate surface area is 129 Å². The third-order valence-electron chi connectivity index (χ3n) is 3.62. The van der Waals surface area contributed by atoms with E-state index < -0.39 is 0 Å². The number of ether oxygens (including phenoxy) is 1. The van der Waals surface area contributed by atoms with Gasteiger partial charge in [0.15, 0.2) is 0 Å². The molecule has 120 valence electrons. The number of amides is 1. The number of halogens is 1. The number of carbonyl (C=O) groups excluding carboxylic acids is 2. The largest absolute Gasteiger partial charge is 0.466 e. The van der Waals surface area contributed by atoms with Crippen molar-refractivity contribution in [2.75, 3.05) is 31.6 Å². The molecule has 1 heterocycles. The maximum Gasteiger partial charge on any atom is 0.310 e. The molecule has 1 atom stereocenters. The molecule has 0 saturated carbocycles. The second-order valence-corrected chi connectivity index (χ2v) is 5.38. The van der Waals surface area contributed by atoms with Crippen molar-refractivity contribution in [1.29, 1.82) is 0 Å². The molecule has 6 heteroatoms. The van der Waals surface area contributed by atoms with E-state index in [2.05, 4.69) is 5.32 Å². The molecule has 1 saturated heterocycles. The molecular formula is C16H21FN2O3. The molecule has 1 N–H and O–H groups in total. The smallest absolute Gasteiger partial charge is 0.310 e. The lowest BCUT2D eigenvalue weighted by atomic mass is 9.98. The number of rotatable bonds is 5. The number of hydrogen-bond donors (Lipinski definition) is 1. The zero-order valence-electron chi connectivity index (χ0n) is 12.7. The number of anilines is 1. The molecule has 1 fully saturated rings. The summed E-state index contributed by atoms with van der Waals surface area (Å²) in [5.74, 6) is -0.860. The van der Waals surface area contributed by atoms with Gasteiger partial charge in [-0.3, -0.25) is 14.5 Å². The van der Waals surface area contributed by atoms with Gasteiger partial charge in [0, 0.05) is 12.2 Å². The van der Waals surface area contributed by atoms with E-state index in [0.29, 0.717) is 18.8 Å². The van der Waals surface area contributed by atoms with Gasteiger partial charge in [-0.25, -0.2) is 4.39 Å². The number of likely N-dealkylation sites (tertiary alicyclic amines) is 1. The molecule has 2 rings (SSSR count). The molecule has 1 aromatic carbocycles. The van der Waals surface area contributed by atoms with Gasteiger partial charge in [-0.1, -0.05) is 0 Å². The average Bonchev–Trinajstić information content (AvgIpc) is 2.50. The molecule has 5 nitrogen and oxygen atoms in total. The van der Waals surface area contributed by atoms with E-state index in [1.165, 1.54) is 24.3 Å². The first-order chi connectivity index (χ1) is 10.6. The van der Waals surface area contributed by atoms with Crippen molar-refractivity contribution in [2.24, 2.45) is 5.92 Å². The van der Waals surface area contributed by atoms with Crippen molar-refractivity contribution >= 4 is 17.6 Å². The molecular weight excluding hydrogens is 287 g/mol. The normalized spacial score (nSPS) is 18.7. The number of esters is 1. The van der Waals surface area contributed by atoms with Crippen LogP contribution in [0.5, 0.6) is 0 Å². The number of piperidine rings is 1. The van der Waals surface area contributed by atoms with Crippen molar-refractivity contribution in [3.05, 3.63) is 30.1 Å². The topological polar surface area (TPSA) is 58.6 Å². The molecule has 1 aliphatic heterocycles. The third-order valence-corrected chi connectivity index (χ3v) is 3.62. The summed E-state index contributed by atoms with van der Waals surface area (Å²) in [4.78, 5) is 25.7. The summed E-state index contributed by atoms with van der Waals surface area (Å²) < 4.78 is 17.9. The molecule has 0 unspecified atom stereocenters. The zero-order chi connectivity index (χ0) is 15.9. The first kappa shape index (κ1) is 16.4. The van der Waals surface area contributed by atoms with Gasteiger partial charge in [0.2, 0.25) is 5.91 Å². The highest BCUT2D eigenvalue weighted by Gasteiger charge is 2.27. The highest BCUT2D eigenvalue weighted by atomic mass is 19.1. The summed E-state index contributed by atoms with van der Waals surface area (Å²) in [5, 5.41) is 2.72. The first-order valence-electron chi connectivity index (χ1n) is 7.53. The van der Waals surface area contributed by atoms with E-state index in [1.807, 2.05) is 4.90 Å². The Bertz CT molecular complexity index is 519. The van der Waals surface area contributed by atoms with E-state index in [0.717, 1.165) is 19.4 Å². The molecule has 0 aromatic heterocycles. The Kier molecular flexibility index (Phi) is 5.89. The molecule has 22 heavy (non-hydrogen) atoms. The molecule has 0 bridgehead atoms. The summed E-state index contributed by atoms with van der Waals surface area (Å²) in [5.41, 5.74) is 0.561. The van der Waals surface area contributed by atoms with Gasteiger partial charge in [0.05, 0.1) is 19.1 Å². The predicted molar refractivity (Wildman–Crippen MR) is 80.8 cm³/mol. The lowest BCUT2D eigenvalue weighted by Gasteiger charge is -2.30. The van der Waals surface area contributed by atoms with Gasteiger partial charge in [0.25, 0.3) is 0 Å². The fourth-order valence-electron chi connectivity index (χ4n) is 2.59. The van der Waals surface area contributed by atoms with Crippen LogP contribution in [0.3, 0.4) is 0 Å². The van der Waals surface area contributed by atoms with Gasteiger partial charge >= 0.3 is 5.97 Å². The molecule has 0 aliphatic carbocycles. The predicted octanol–water partition coefficient (Wildman–Crippen LogP) is 2.04. The van der Waals surface area contributed by atoms with E-state index >= 15 is 0 Å². The standard InChI is InChI=1S/C16H21FN2O3/c1-2-22-16(21)12-4-3-9-19(10-12)11-15(20)18-14-7-5-13(17)6-8-14/h5-8,12H,2-4,9-11H2,1H3,(H,18,20)/t12-/m1/s1. The van der Waals surface area contributed by atoms with E-state index in [4.69, 9.17) is 4.74 Å². The van der Waals surface area contributed by atoms with Crippen LogP contribution in [-0.2, 0) is 14.3 Å². The van der Waals surface area contributed by atoms with Crippen LogP contribution in [0, 0.1) is 11.7 Å². The summed E-state index contributed by atoms with van der Waals surface area (Å²) in [6.07, 6.45) is 1.67. The van der Waals surface area contributed by atoms with Crippen LogP contribution in [0.25, 0.3) is 0 Å². The average molecular weight is 308 g/mol. The summed E-state index contributed by atoms with van der Waals surface area (Å²) in [7, 11) is 0. The molecule has 1 amide bonds. The Morgan fingerprint density at radius 3 is 2.77 bits per heavy atom. The minimum absolute atomic E-state index is 0.160. The minimum atomic E-state index is -0.341. The van der Waals surface area contributed by atoms with E-state index in [9.17, 15) is 14.0 Å². The lowest BCUT2D eigenvalue weighted by molar-refractivity contribution is -0.150. The number of hydrogen-bond acceptors (Lipinski definition) is 4. The van der Waals surface area contributed by atoms with Crippen molar-refractivity contribution < 1.29 is 18.7 Å². The quantitative estimate of drug-likeness (QED) is 0.846. The van der Waals surface area contributed by atoms with Gasteiger partial charge in [-0.2, -0.15) is 0 Å². The summed E-state index contributed by atoms with van der Waals surface area (Å²) in [6.45, 7) is 3.70. The van der Waals surface area contributed by atoms with Crippen LogP contribution in [-0.4, -0.2) is 43.0 Å². The number of benzene rings is 1. The van der Waals surface area contributed by atoms with E-state index in [1.54, 1.807) is 6.92 Å². The van der Waals surface area contributed by atoms with Gasteiger partial charge in [-0.15, -0.1) is 0 Å². The van der Waals surface area contributed by atoms with Crippen molar-refractivity contribution in [3.63, 3.8) is 0 Å². The molecule has 0 spiro atoms. The fourth-order valence-corrected chi connectivity index (χ4v) is 2.59. The van der Waals surface area contributed by atoms with E-state index in [-0.39, 0.29) is 30.2 Å². The zero-order valence-corrected chi connectivity index (χ0v) is 12.7. The summed E-state index contributed by atoms with van der Waals surface area (Å²) in [6, 6.07) is 5.64. The molecule has 1 aromatic rings. The van der Waals surface area contributed by atoms with Crippen LogP contribution >= 0.6 is 0 Å². The van der Waals surface area contributed by atoms with Crippen LogP contribution in [0.1, 0.15) is 19.8 Å². The second-order valence-electron chi connectivity index (χ2n) is 5.38. The first-order valence-corrected chi connectivity index (χ1v) is 7.53. The van der Waals surface area contributed by atoms with Crippen LogP contribution in [0.4, 0.5) is 10.1 Å². The van der Waals surface area contributed by atoms with Crippen molar-refractivity contribution in [2.45, 2.75) is 19.8 Å². The number of nitrogens with zero attached hydrogens (tertiary/aromatic N) is 1. The van der Waals surface area contributed by atoms with Crippen LogP contribution in [0.15, 0.2) is 24.3 Å². The minimum Gasteiger partial charge on any atom is -0.466 e. The highest BCUT2D eigenvalue weighted by molar-refractivity contribution is 5.92. The Morgan fingerprint density at radius 1 is 1.36 bits per heavy atom. The fraction of sp³-hybridized carbons (Fsp3) is 0.500. The van der Waals surface area contributed by atoms with Gasteiger partial charge in [0.1, 0.15) is 5.82 Å². The highest BCUT2D eigenvalue weighted by Crippen LogP contribution is 2.18. The summed E-state index contributed by atoms with van der Waals surface area (Å²) >= 11 is 0. The Morgan fingerprint density at radius 2 is 2.09 bits per heavy atom. The Balaban J connectivity index is 1.83. The second kappa shape index (κ2) is 7.89. The lowest BCUT2D eigenvalue weighted by Crippen LogP contribution is -2.43. The number of carbonyl (C=O) groups is 2. The van der Waals surface area contributed by atoms with Crippen molar-refractivity contribution in [3.8, 4) is 0 Å². The monoisotopic (exact) mass is 308 g/mol. The van der Waals surface area contributed by atoms with Gasteiger partial charge < -0.3 is 10.1 Å². The SMILES string of the molecule is CCOC(=O)[C@@H]1CCCN(CC(=O)Nc2ccc(F)cc2)C1. The Hall–Kier alpha value is -1.95. The molecule has 1 aliphatic rings. The van der Waals surface area contributed by atoms with Crippen LogP contribution in [0.2, 0.25) is 0 Å². The third kappa shape index (κ3) is 4.80. The molecule has 0 radical (unpaired) electrons. The number of nitrogens with one attached hydrogen (secondary N) is 1.